The lowest BCUT2D eigenvalue weighted by molar-refractivity contribution is -0.137. The molecule has 0 bridgehead atoms. The first kappa shape index (κ1) is 28.5. The van der Waals surface area contributed by atoms with E-state index in [4.69, 9.17) is 5.10 Å². The van der Waals surface area contributed by atoms with E-state index in [-0.39, 0.29) is 11.5 Å². The van der Waals surface area contributed by atoms with Crippen LogP contribution in [0.2, 0.25) is 0 Å². The highest BCUT2D eigenvalue weighted by molar-refractivity contribution is 6.04. The number of anilines is 2. The molecule has 10 heteroatoms. The number of halogens is 3. The Balaban J connectivity index is 1.49. The number of carbonyl (C=O) groups excluding carboxylic acids is 2. The quantitative estimate of drug-likeness (QED) is 0.270. The van der Waals surface area contributed by atoms with Crippen molar-refractivity contribution in [3.05, 3.63) is 107 Å². The summed E-state index contributed by atoms with van der Waals surface area (Å²) in [5.41, 5.74) is 2.14. The molecule has 2 heterocycles. The smallest absolute Gasteiger partial charge is 0.322 e. The Morgan fingerprint density at radius 3 is 2.33 bits per heavy atom. The van der Waals surface area contributed by atoms with Gasteiger partial charge in [0.1, 0.15) is 11.5 Å². The lowest BCUT2D eigenvalue weighted by atomic mass is 10.0. The average molecular weight is 550 g/mol. The Hall–Kier alpha value is -4.47. The highest BCUT2D eigenvalue weighted by atomic mass is 19.4. The number of carbonyl (C=O) groups is 2. The zero-order valence-corrected chi connectivity index (χ0v) is 22.6. The fraction of sp³-hybridized carbons (Fsp3) is 0.267. The van der Waals surface area contributed by atoms with Crippen molar-refractivity contribution >= 4 is 23.3 Å². The van der Waals surface area contributed by atoms with Gasteiger partial charge in [-0.1, -0.05) is 18.2 Å². The zero-order valence-electron chi connectivity index (χ0n) is 22.6. The number of pyridine rings is 1. The van der Waals surface area contributed by atoms with Crippen LogP contribution in [0.3, 0.4) is 0 Å². The molecule has 0 aliphatic carbocycles. The number of nitrogens with zero attached hydrogens (tertiary/aromatic N) is 3. The number of hydrogen-bond donors (Lipinski definition) is 2. The molecule has 0 aliphatic heterocycles. The largest absolute Gasteiger partial charge is 0.416 e. The second-order valence-electron chi connectivity index (χ2n) is 10.4. The van der Waals surface area contributed by atoms with Gasteiger partial charge in [-0.05, 0) is 94.1 Å². The number of amides is 2. The van der Waals surface area contributed by atoms with Crippen molar-refractivity contribution in [2.75, 3.05) is 10.6 Å². The Labute approximate surface area is 230 Å². The lowest BCUT2D eigenvalue weighted by Gasteiger charge is -2.22. The van der Waals surface area contributed by atoms with Crippen LogP contribution >= 0.6 is 0 Å². The molecule has 0 aliphatic rings. The van der Waals surface area contributed by atoms with Crippen molar-refractivity contribution in [1.29, 1.82) is 0 Å². The summed E-state index contributed by atoms with van der Waals surface area (Å²) in [5.74, 6) is -0.410. The van der Waals surface area contributed by atoms with Crippen molar-refractivity contribution in [3.63, 3.8) is 0 Å². The maximum absolute atomic E-state index is 13.1. The molecule has 0 atom stereocenters. The number of benzene rings is 2. The minimum Gasteiger partial charge on any atom is -0.322 e. The number of aryl methyl sites for hydroxylation is 3. The summed E-state index contributed by atoms with van der Waals surface area (Å²) >= 11 is 0. The van der Waals surface area contributed by atoms with Gasteiger partial charge in [-0.25, -0.2) is 4.68 Å². The maximum Gasteiger partial charge on any atom is 0.416 e. The van der Waals surface area contributed by atoms with E-state index in [1.54, 1.807) is 35.1 Å². The van der Waals surface area contributed by atoms with Crippen LogP contribution in [0.5, 0.6) is 0 Å². The van der Waals surface area contributed by atoms with Crippen molar-refractivity contribution < 1.29 is 22.8 Å². The van der Waals surface area contributed by atoms with Crippen LogP contribution in [-0.2, 0) is 24.6 Å². The topological polar surface area (TPSA) is 88.9 Å². The molecule has 0 fully saturated rings. The number of nitrogens with one attached hydrogen (secondary N) is 2. The fourth-order valence-electron chi connectivity index (χ4n) is 4.15. The predicted molar refractivity (Wildman–Crippen MR) is 147 cm³/mol. The third-order valence-electron chi connectivity index (χ3n) is 6.24. The van der Waals surface area contributed by atoms with E-state index in [1.165, 1.54) is 12.1 Å². The summed E-state index contributed by atoms with van der Waals surface area (Å²) in [4.78, 5) is 29.5. The highest BCUT2D eigenvalue weighted by Gasteiger charge is 2.31. The highest BCUT2D eigenvalue weighted by Crippen LogP contribution is 2.30. The molecule has 2 amide bonds. The van der Waals surface area contributed by atoms with Gasteiger partial charge in [-0.2, -0.15) is 18.3 Å². The molecule has 40 heavy (non-hydrogen) atoms. The summed E-state index contributed by atoms with van der Waals surface area (Å²) < 4.78 is 40.9. The monoisotopic (exact) mass is 549 g/mol. The van der Waals surface area contributed by atoms with Gasteiger partial charge in [0.25, 0.3) is 11.8 Å². The summed E-state index contributed by atoms with van der Waals surface area (Å²) in [7, 11) is 0. The molecular formula is C30H30F3N5O2. The van der Waals surface area contributed by atoms with Crippen molar-refractivity contribution in [2.24, 2.45) is 0 Å². The zero-order chi connectivity index (χ0) is 29.1. The van der Waals surface area contributed by atoms with Crippen LogP contribution in [-0.4, -0.2) is 26.6 Å². The van der Waals surface area contributed by atoms with E-state index in [1.807, 2.05) is 45.9 Å². The van der Waals surface area contributed by atoms with Crippen LogP contribution in [0.25, 0.3) is 0 Å². The SMILES string of the molecule is Cc1ccc(NC(=O)c2cccc(C(F)(F)F)c2)cc1CCc1cc(NC(=O)c2ccccn2)n(C(C)(C)C)n1. The molecule has 0 radical (unpaired) electrons. The van der Waals surface area contributed by atoms with Crippen LogP contribution < -0.4 is 10.6 Å². The molecule has 0 saturated carbocycles. The number of hydrogen-bond acceptors (Lipinski definition) is 4. The van der Waals surface area contributed by atoms with Gasteiger partial charge in [0, 0.05) is 23.5 Å². The van der Waals surface area contributed by atoms with Gasteiger partial charge in [-0.3, -0.25) is 14.6 Å². The van der Waals surface area contributed by atoms with E-state index in [0.717, 1.165) is 29.0 Å². The molecule has 4 rings (SSSR count). The Bertz CT molecular complexity index is 1520. The van der Waals surface area contributed by atoms with Crippen molar-refractivity contribution in [1.82, 2.24) is 14.8 Å². The predicted octanol–water partition coefficient (Wildman–Crippen LogP) is 6.65. The summed E-state index contributed by atoms with van der Waals surface area (Å²) in [5, 5.41) is 10.3. The normalized spacial score (nSPS) is 11.8. The molecule has 2 aromatic heterocycles. The molecule has 7 nitrogen and oxygen atoms in total. The Kier molecular flexibility index (Phi) is 8.08. The number of alkyl halides is 3. The van der Waals surface area contributed by atoms with E-state index < -0.39 is 23.2 Å². The van der Waals surface area contributed by atoms with Gasteiger partial charge in [0.05, 0.1) is 16.8 Å². The lowest BCUT2D eigenvalue weighted by Crippen LogP contribution is -2.27. The van der Waals surface area contributed by atoms with Crippen LogP contribution in [0.15, 0.2) is 72.9 Å². The molecule has 2 N–H and O–H groups in total. The molecule has 0 unspecified atom stereocenters. The Morgan fingerprint density at radius 2 is 1.65 bits per heavy atom. The second kappa shape index (κ2) is 11.3. The van der Waals surface area contributed by atoms with E-state index in [2.05, 4.69) is 15.6 Å². The standard InChI is InChI=1S/C30H30F3N5O2/c1-19-11-13-23(35-27(39)21-8-7-9-22(16-21)30(31,32)33)17-20(19)12-14-24-18-26(38(37-24)29(2,3)4)36-28(40)25-10-5-6-15-34-25/h5-11,13,15-18H,12,14H2,1-4H3,(H,35,39)(H,36,40). The van der Waals surface area contributed by atoms with Crippen LogP contribution in [0.4, 0.5) is 24.7 Å². The summed E-state index contributed by atoms with van der Waals surface area (Å²) in [6.45, 7) is 7.91. The van der Waals surface area contributed by atoms with Gasteiger partial charge in [-0.15, -0.1) is 0 Å². The van der Waals surface area contributed by atoms with Gasteiger partial charge in [0.2, 0.25) is 0 Å². The van der Waals surface area contributed by atoms with E-state index in [0.29, 0.717) is 30.0 Å². The third-order valence-corrected chi connectivity index (χ3v) is 6.24. The molecule has 4 aromatic rings. The van der Waals surface area contributed by atoms with Crippen molar-refractivity contribution in [3.8, 4) is 0 Å². The molecular weight excluding hydrogens is 519 g/mol. The molecule has 208 valence electrons. The first-order chi connectivity index (χ1) is 18.8. The minimum atomic E-state index is -4.53. The maximum atomic E-state index is 13.1. The first-order valence-electron chi connectivity index (χ1n) is 12.7. The summed E-state index contributed by atoms with van der Waals surface area (Å²) in [6, 6.07) is 16.6. The van der Waals surface area contributed by atoms with Gasteiger partial charge < -0.3 is 10.6 Å². The summed E-state index contributed by atoms with van der Waals surface area (Å²) in [6.07, 6.45) is -1.83. The molecule has 0 spiro atoms. The van der Waals surface area contributed by atoms with E-state index >= 15 is 0 Å². The number of aromatic nitrogens is 3. The van der Waals surface area contributed by atoms with Gasteiger partial charge >= 0.3 is 6.18 Å². The first-order valence-corrected chi connectivity index (χ1v) is 12.7. The Morgan fingerprint density at radius 1 is 0.875 bits per heavy atom. The number of rotatable bonds is 7. The van der Waals surface area contributed by atoms with Crippen LogP contribution in [0.1, 0.15) is 64.0 Å². The third kappa shape index (κ3) is 6.93. The molecule has 2 aromatic carbocycles. The molecule has 0 saturated heterocycles. The fourth-order valence-corrected chi connectivity index (χ4v) is 4.15. The average Bonchev–Trinajstić information content (AvgIpc) is 3.32. The van der Waals surface area contributed by atoms with Crippen LogP contribution in [0, 0.1) is 6.92 Å². The van der Waals surface area contributed by atoms with Crippen molar-refractivity contribution in [2.45, 2.75) is 52.3 Å². The van der Waals surface area contributed by atoms with E-state index in [9.17, 15) is 22.8 Å². The second-order valence-corrected chi connectivity index (χ2v) is 10.4. The minimum absolute atomic E-state index is 0.0788. The van der Waals surface area contributed by atoms with Gasteiger partial charge in [0.15, 0.2) is 0 Å².